The molecular weight excluding hydrogens is 238 g/mol. The quantitative estimate of drug-likeness (QED) is 0.670. The molecular formula is C15H11N3O. The third kappa shape index (κ3) is 2.28. The molecule has 3 rings (SSSR count). The standard InChI is InChI=1S/C15H11N3O/c19-11-12-6-8-13(9-7-12)15-10-16-18(17-15)14-4-2-1-3-5-14/h1-11H. The van der Waals surface area contributed by atoms with Gasteiger partial charge in [-0.3, -0.25) is 4.79 Å². The molecule has 92 valence electrons. The van der Waals surface area contributed by atoms with Crippen molar-refractivity contribution in [1.29, 1.82) is 0 Å². The van der Waals surface area contributed by atoms with Gasteiger partial charge in [0.15, 0.2) is 0 Å². The van der Waals surface area contributed by atoms with Gasteiger partial charge in [-0.2, -0.15) is 9.90 Å². The Labute approximate surface area is 110 Å². The molecule has 0 atom stereocenters. The fourth-order valence-corrected chi connectivity index (χ4v) is 1.81. The van der Waals surface area contributed by atoms with Crippen LogP contribution in [-0.4, -0.2) is 21.3 Å². The molecule has 0 aliphatic rings. The summed E-state index contributed by atoms with van der Waals surface area (Å²) < 4.78 is 0. The molecule has 0 amide bonds. The van der Waals surface area contributed by atoms with Crippen LogP contribution in [-0.2, 0) is 0 Å². The van der Waals surface area contributed by atoms with E-state index in [1.165, 1.54) is 0 Å². The van der Waals surface area contributed by atoms with E-state index in [0.29, 0.717) is 5.56 Å². The summed E-state index contributed by atoms with van der Waals surface area (Å²) in [5.74, 6) is 0. The summed E-state index contributed by atoms with van der Waals surface area (Å²) in [5, 5.41) is 8.66. The molecule has 0 bridgehead atoms. The van der Waals surface area contributed by atoms with Gasteiger partial charge in [-0.05, 0) is 12.1 Å². The van der Waals surface area contributed by atoms with E-state index in [0.717, 1.165) is 23.2 Å². The topological polar surface area (TPSA) is 47.8 Å². The number of hydrogen-bond donors (Lipinski definition) is 0. The molecule has 0 saturated heterocycles. The highest BCUT2D eigenvalue weighted by molar-refractivity contribution is 5.76. The minimum Gasteiger partial charge on any atom is -0.298 e. The first-order chi connectivity index (χ1) is 9.36. The van der Waals surface area contributed by atoms with E-state index in [-0.39, 0.29) is 0 Å². The first kappa shape index (κ1) is 11.3. The number of carbonyl (C=O) groups is 1. The Balaban J connectivity index is 1.94. The van der Waals surface area contributed by atoms with Crippen LogP contribution in [0, 0.1) is 0 Å². The van der Waals surface area contributed by atoms with Crippen molar-refractivity contribution in [3.8, 4) is 16.9 Å². The molecule has 0 unspecified atom stereocenters. The van der Waals surface area contributed by atoms with E-state index in [4.69, 9.17) is 0 Å². The Bertz CT molecular complexity index is 687. The van der Waals surface area contributed by atoms with E-state index in [2.05, 4.69) is 10.2 Å². The van der Waals surface area contributed by atoms with Crippen molar-refractivity contribution in [2.45, 2.75) is 0 Å². The summed E-state index contributed by atoms with van der Waals surface area (Å²) in [4.78, 5) is 12.2. The molecule has 0 aliphatic carbocycles. The van der Waals surface area contributed by atoms with Crippen molar-refractivity contribution in [2.24, 2.45) is 0 Å². The number of benzene rings is 2. The highest BCUT2D eigenvalue weighted by Gasteiger charge is 2.04. The molecule has 4 nitrogen and oxygen atoms in total. The minimum atomic E-state index is 0.652. The van der Waals surface area contributed by atoms with Crippen LogP contribution in [0.2, 0.25) is 0 Å². The zero-order valence-electron chi connectivity index (χ0n) is 10.1. The maximum atomic E-state index is 10.6. The second-order valence-electron chi connectivity index (χ2n) is 4.09. The van der Waals surface area contributed by atoms with Crippen LogP contribution in [0.3, 0.4) is 0 Å². The van der Waals surface area contributed by atoms with Gasteiger partial charge in [0.25, 0.3) is 0 Å². The molecule has 3 aromatic rings. The van der Waals surface area contributed by atoms with Gasteiger partial charge in [0.05, 0.1) is 11.9 Å². The molecule has 0 saturated carbocycles. The third-order valence-electron chi connectivity index (χ3n) is 2.82. The molecule has 0 spiro atoms. The molecule has 4 heteroatoms. The van der Waals surface area contributed by atoms with Gasteiger partial charge in [0.2, 0.25) is 0 Å². The van der Waals surface area contributed by atoms with E-state index in [1.807, 2.05) is 42.5 Å². The smallest absolute Gasteiger partial charge is 0.150 e. The van der Waals surface area contributed by atoms with E-state index < -0.39 is 0 Å². The predicted octanol–water partition coefficient (Wildman–Crippen LogP) is 2.75. The van der Waals surface area contributed by atoms with Crippen molar-refractivity contribution >= 4 is 6.29 Å². The van der Waals surface area contributed by atoms with Gasteiger partial charge in [-0.1, -0.05) is 42.5 Å². The maximum absolute atomic E-state index is 10.6. The number of para-hydroxylation sites is 1. The average molecular weight is 249 g/mol. The number of rotatable bonds is 3. The van der Waals surface area contributed by atoms with Crippen LogP contribution < -0.4 is 0 Å². The molecule has 1 aromatic heterocycles. The Morgan fingerprint density at radius 2 is 1.68 bits per heavy atom. The van der Waals surface area contributed by atoms with Gasteiger partial charge < -0.3 is 0 Å². The maximum Gasteiger partial charge on any atom is 0.150 e. The lowest BCUT2D eigenvalue weighted by atomic mass is 10.1. The van der Waals surface area contributed by atoms with Crippen LogP contribution in [0.5, 0.6) is 0 Å². The van der Waals surface area contributed by atoms with Crippen LogP contribution in [0.4, 0.5) is 0 Å². The Hall–Kier alpha value is -2.75. The summed E-state index contributed by atoms with van der Waals surface area (Å²) in [6.07, 6.45) is 2.54. The summed E-state index contributed by atoms with van der Waals surface area (Å²) in [5.41, 5.74) is 3.28. The van der Waals surface area contributed by atoms with Crippen LogP contribution in [0.1, 0.15) is 10.4 Å². The summed E-state index contributed by atoms with van der Waals surface area (Å²) >= 11 is 0. The zero-order chi connectivity index (χ0) is 13.1. The SMILES string of the molecule is O=Cc1ccc(-c2cnn(-c3ccccc3)n2)cc1. The Morgan fingerprint density at radius 3 is 2.37 bits per heavy atom. The second kappa shape index (κ2) is 4.86. The average Bonchev–Trinajstić information content (AvgIpc) is 2.98. The number of aromatic nitrogens is 3. The number of hydrogen-bond acceptors (Lipinski definition) is 3. The Morgan fingerprint density at radius 1 is 0.947 bits per heavy atom. The van der Waals surface area contributed by atoms with Crippen LogP contribution >= 0.6 is 0 Å². The predicted molar refractivity (Wildman–Crippen MR) is 72.2 cm³/mol. The van der Waals surface area contributed by atoms with E-state index >= 15 is 0 Å². The fraction of sp³-hybridized carbons (Fsp3) is 0. The van der Waals surface area contributed by atoms with Crippen molar-refractivity contribution in [3.05, 3.63) is 66.4 Å². The zero-order valence-corrected chi connectivity index (χ0v) is 10.1. The Kier molecular flexibility index (Phi) is 2.90. The number of carbonyl (C=O) groups excluding carboxylic acids is 1. The number of aldehydes is 1. The lowest BCUT2D eigenvalue weighted by molar-refractivity contribution is 0.112. The molecule has 2 aromatic carbocycles. The van der Waals surface area contributed by atoms with Crippen molar-refractivity contribution in [3.63, 3.8) is 0 Å². The number of nitrogens with zero attached hydrogens (tertiary/aromatic N) is 3. The van der Waals surface area contributed by atoms with Gasteiger partial charge >= 0.3 is 0 Å². The molecule has 0 fully saturated rings. The normalized spacial score (nSPS) is 10.3. The monoisotopic (exact) mass is 249 g/mol. The van der Waals surface area contributed by atoms with Gasteiger partial charge in [0, 0.05) is 11.1 Å². The van der Waals surface area contributed by atoms with Crippen molar-refractivity contribution < 1.29 is 4.79 Å². The van der Waals surface area contributed by atoms with Crippen LogP contribution in [0.25, 0.3) is 16.9 Å². The summed E-state index contributed by atoms with van der Waals surface area (Å²) in [6, 6.07) is 17.0. The third-order valence-corrected chi connectivity index (χ3v) is 2.82. The molecule has 0 aliphatic heterocycles. The summed E-state index contributed by atoms with van der Waals surface area (Å²) in [6.45, 7) is 0. The van der Waals surface area contributed by atoms with Crippen LogP contribution in [0.15, 0.2) is 60.8 Å². The first-order valence-electron chi connectivity index (χ1n) is 5.90. The van der Waals surface area contributed by atoms with Gasteiger partial charge in [-0.25, -0.2) is 0 Å². The minimum absolute atomic E-state index is 0.652. The lowest BCUT2D eigenvalue weighted by Gasteiger charge is -1.98. The van der Waals surface area contributed by atoms with E-state index in [1.54, 1.807) is 23.1 Å². The second-order valence-corrected chi connectivity index (χ2v) is 4.09. The van der Waals surface area contributed by atoms with E-state index in [9.17, 15) is 4.79 Å². The molecule has 0 N–H and O–H groups in total. The molecule has 0 radical (unpaired) electrons. The van der Waals surface area contributed by atoms with Gasteiger partial charge in [0.1, 0.15) is 12.0 Å². The van der Waals surface area contributed by atoms with Gasteiger partial charge in [-0.15, -0.1) is 5.10 Å². The molecule has 1 heterocycles. The first-order valence-corrected chi connectivity index (χ1v) is 5.90. The summed E-state index contributed by atoms with van der Waals surface area (Å²) in [7, 11) is 0. The fourth-order valence-electron chi connectivity index (χ4n) is 1.81. The highest BCUT2D eigenvalue weighted by atomic mass is 16.1. The highest BCUT2D eigenvalue weighted by Crippen LogP contribution is 2.17. The largest absolute Gasteiger partial charge is 0.298 e. The van der Waals surface area contributed by atoms with Crippen molar-refractivity contribution in [1.82, 2.24) is 15.0 Å². The lowest BCUT2D eigenvalue weighted by Crippen LogP contribution is -1.97. The molecule has 19 heavy (non-hydrogen) atoms. The van der Waals surface area contributed by atoms with Crippen molar-refractivity contribution in [2.75, 3.05) is 0 Å².